The molecule has 2 heterocycles. The molecule has 1 saturated carbocycles. The Morgan fingerprint density at radius 1 is 1.18 bits per heavy atom. The Labute approximate surface area is 99.7 Å². The van der Waals surface area contributed by atoms with Gasteiger partial charge in [-0.1, -0.05) is 25.7 Å². The van der Waals surface area contributed by atoms with Crippen molar-refractivity contribution in [3.05, 3.63) is 28.8 Å². The van der Waals surface area contributed by atoms with Crippen molar-refractivity contribution in [1.29, 1.82) is 0 Å². The summed E-state index contributed by atoms with van der Waals surface area (Å²) < 4.78 is 2.15. The lowest BCUT2D eigenvalue weighted by Crippen LogP contribution is -2.11. The molecule has 0 amide bonds. The van der Waals surface area contributed by atoms with Gasteiger partial charge in [0.1, 0.15) is 11.2 Å². The Hall–Kier alpha value is -1.58. The van der Waals surface area contributed by atoms with Gasteiger partial charge in [-0.15, -0.1) is 0 Å². The summed E-state index contributed by atoms with van der Waals surface area (Å²) in [5.41, 5.74) is 1.71. The molecule has 0 atom stereocenters. The first-order valence-electron chi connectivity index (χ1n) is 6.40. The number of hydrogen-bond acceptors (Lipinski definition) is 2. The SMILES string of the molecule is O=c1ccc2ncn(C3CCCCCC3)c2[nH]1. The zero-order chi connectivity index (χ0) is 11.7. The Morgan fingerprint density at radius 3 is 2.71 bits per heavy atom. The van der Waals surface area contributed by atoms with Crippen LogP contribution >= 0.6 is 0 Å². The van der Waals surface area contributed by atoms with Crippen molar-refractivity contribution in [3.8, 4) is 0 Å². The van der Waals surface area contributed by atoms with Crippen LogP contribution in [0.15, 0.2) is 23.3 Å². The second kappa shape index (κ2) is 4.35. The number of H-pyrrole nitrogens is 1. The fraction of sp³-hybridized carbons (Fsp3) is 0.538. The number of hydrogen-bond donors (Lipinski definition) is 1. The van der Waals surface area contributed by atoms with Gasteiger partial charge in [-0.3, -0.25) is 4.79 Å². The van der Waals surface area contributed by atoms with Gasteiger partial charge in [0.25, 0.3) is 0 Å². The maximum Gasteiger partial charge on any atom is 0.249 e. The number of imidazole rings is 1. The van der Waals surface area contributed by atoms with Crippen molar-refractivity contribution in [2.45, 2.75) is 44.6 Å². The molecule has 2 aromatic heterocycles. The minimum atomic E-state index is -0.0483. The average molecular weight is 231 g/mol. The lowest BCUT2D eigenvalue weighted by atomic mass is 10.1. The second-order valence-corrected chi connectivity index (χ2v) is 4.85. The van der Waals surface area contributed by atoms with Gasteiger partial charge in [-0.25, -0.2) is 4.98 Å². The molecule has 90 valence electrons. The number of rotatable bonds is 1. The van der Waals surface area contributed by atoms with Crippen LogP contribution in [0.2, 0.25) is 0 Å². The van der Waals surface area contributed by atoms with Gasteiger partial charge in [0.2, 0.25) is 5.56 Å². The van der Waals surface area contributed by atoms with E-state index in [0.717, 1.165) is 11.2 Å². The molecule has 17 heavy (non-hydrogen) atoms. The Morgan fingerprint density at radius 2 is 1.94 bits per heavy atom. The minimum absolute atomic E-state index is 0.0483. The number of nitrogens with zero attached hydrogens (tertiary/aromatic N) is 2. The van der Waals surface area contributed by atoms with Gasteiger partial charge < -0.3 is 9.55 Å². The molecule has 0 spiro atoms. The largest absolute Gasteiger partial charge is 0.314 e. The van der Waals surface area contributed by atoms with E-state index in [4.69, 9.17) is 0 Å². The second-order valence-electron chi connectivity index (χ2n) is 4.85. The van der Waals surface area contributed by atoms with Gasteiger partial charge in [-0.2, -0.15) is 0 Å². The fourth-order valence-electron chi connectivity index (χ4n) is 2.75. The number of aromatic amines is 1. The third-order valence-electron chi connectivity index (χ3n) is 3.67. The third-order valence-corrected chi connectivity index (χ3v) is 3.67. The summed E-state index contributed by atoms with van der Waals surface area (Å²) in [5.74, 6) is 0. The predicted octanol–water partition coefficient (Wildman–Crippen LogP) is 2.62. The molecule has 0 radical (unpaired) electrons. The topological polar surface area (TPSA) is 50.7 Å². The van der Waals surface area contributed by atoms with Crippen LogP contribution in [0.1, 0.15) is 44.6 Å². The first-order chi connectivity index (χ1) is 8.34. The number of pyridine rings is 1. The molecule has 0 aliphatic heterocycles. The van der Waals surface area contributed by atoms with Crippen LogP contribution in [0.5, 0.6) is 0 Å². The van der Waals surface area contributed by atoms with Crippen LogP contribution < -0.4 is 5.56 Å². The van der Waals surface area contributed by atoms with Crippen molar-refractivity contribution in [3.63, 3.8) is 0 Å². The molecular weight excluding hydrogens is 214 g/mol. The lowest BCUT2D eigenvalue weighted by Gasteiger charge is -2.16. The first kappa shape index (κ1) is 10.6. The standard InChI is InChI=1S/C13H17N3O/c17-12-8-7-11-13(15-12)16(9-14-11)10-5-3-1-2-4-6-10/h7-10H,1-6H2,(H,15,17). The molecular formula is C13H17N3O. The molecule has 0 aromatic carbocycles. The van der Waals surface area contributed by atoms with Gasteiger partial charge >= 0.3 is 0 Å². The van der Waals surface area contributed by atoms with Crippen molar-refractivity contribution in [2.75, 3.05) is 0 Å². The predicted molar refractivity (Wildman–Crippen MR) is 67.1 cm³/mol. The van der Waals surface area contributed by atoms with E-state index in [-0.39, 0.29) is 5.56 Å². The molecule has 2 aromatic rings. The Bertz CT molecular complexity index is 561. The summed E-state index contributed by atoms with van der Waals surface area (Å²) in [5, 5.41) is 0. The number of aromatic nitrogens is 3. The van der Waals surface area contributed by atoms with E-state index in [1.54, 1.807) is 6.07 Å². The maximum atomic E-state index is 11.4. The highest BCUT2D eigenvalue weighted by atomic mass is 16.1. The van der Waals surface area contributed by atoms with Crippen LogP contribution in [0.3, 0.4) is 0 Å². The van der Waals surface area contributed by atoms with E-state index in [2.05, 4.69) is 14.5 Å². The van der Waals surface area contributed by atoms with Crippen molar-refractivity contribution in [1.82, 2.24) is 14.5 Å². The molecule has 3 rings (SSSR count). The van der Waals surface area contributed by atoms with Crippen LogP contribution in [0.25, 0.3) is 11.2 Å². The van der Waals surface area contributed by atoms with E-state index in [9.17, 15) is 4.79 Å². The van der Waals surface area contributed by atoms with Crippen LogP contribution in [0.4, 0.5) is 0 Å². The molecule has 0 unspecified atom stereocenters. The molecule has 0 bridgehead atoms. The summed E-state index contributed by atoms with van der Waals surface area (Å²) >= 11 is 0. The maximum absolute atomic E-state index is 11.4. The quantitative estimate of drug-likeness (QED) is 0.767. The van der Waals surface area contributed by atoms with Gasteiger partial charge in [0, 0.05) is 12.1 Å². The zero-order valence-electron chi connectivity index (χ0n) is 9.85. The molecule has 4 nitrogen and oxygen atoms in total. The van der Waals surface area contributed by atoms with E-state index in [1.165, 1.54) is 44.6 Å². The first-order valence-corrected chi connectivity index (χ1v) is 6.40. The van der Waals surface area contributed by atoms with Crippen molar-refractivity contribution in [2.24, 2.45) is 0 Å². The summed E-state index contributed by atoms with van der Waals surface area (Å²) in [6.45, 7) is 0. The Balaban J connectivity index is 2.03. The number of nitrogens with one attached hydrogen (secondary N) is 1. The summed E-state index contributed by atoms with van der Waals surface area (Å²) in [6, 6.07) is 3.83. The Kier molecular flexibility index (Phi) is 2.71. The lowest BCUT2D eigenvalue weighted by molar-refractivity contribution is 0.451. The van der Waals surface area contributed by atoms with Gasteiger partial charge in [0.05, 0.1) is 6.33 Å². The molecule has 1 aliphatic rings. The summed E-state index contributed by atoms with van der Waals surface area (Å²) in [7, 11) is 0. The van der Waals surface area contributed by atoms with Gasteiger partial charge in [-0.05, 0) is 18.9 Å². The monoisotopic (exact) mass is 231 g/mol. The number of fused-ring (bicyclic) bond motifs is 1. The van der Waals surface area contributed by atoms with Crippen LogP contribution in [0, 0.1) is 0 Å². The molecule has 1 N–H and O–H groups in total. The fourth-order valence-corrected chi connectivity index (χ4v) is 2.75. The van der Waals surface area contributed by atoms with Crippen LogP contribution in [-0.2, 0) is 0 Å². The van der Waals surface area contributed by atoms with E-state index >= 15 is 0 Å². The summed E-state index contributed by atoms with van der Waals surface area (Å²) in [6.07, 6.45) is 9.49. The molecule has 1 aliphatic carbocycles. The minimum Gasteiger partial charge on any atom is -0.314 e. The zero-order valence-corrected chi connectivity index (χ0v) is 9.85. The van der Waals surface area contributed by atoms with Crippen molar-refractivity contribution < 1.29 is 0 Å². The smallest absolute Gasteiger partial charge is 0.249 e. The average Bonchev–Trinajstić information content (AvgIpc) is 2.58. The third kappa shape index (κ3) is 1.99. The summed E-state index contributed by atoms with van der Waals surface area (Å²) in [4.78, 5) is 18.6. The van der Waals surface area contributed by atoms with Crippen molar-refractivity contribution >= 4 is 11.2 Å². The molecule has 1 fully saturated rings. The molecule has 4 heteroatoms. The van der Waals surface area contributed by atoms with Crippen LogP contribution in [-0.4, -0.2) is 14.5 Å². The highest BCUT2D eigenvalue weighted by molar-refractivity contribution is 5.70. The van der Waals surface area contributed by atoms with E-state index < -0.39 is 0 Å². The highest BCUT2D eigenvalue weighted by Gasteiger charge is 2.16. The van der Waals surface area contributed by atoms with E-state index in [1.807, 2.05) is 6.33 Å². The normalized spacial score (nSPS) is 18.4. The van der Waals surface area contributed by atoms with Gasteiger partial charge in [0.15, 0.2) is 0 Å². The van der Waals surface area contributed by atoms with E-state index in [0.29, 0.717) is 6.04 Å². The molecule has 0 saturated heterocycles. The highest BCUT2D eigenvalue weighted by Crippen LogP contribution is 2.28.